The van der Waals surface area contributed by atoms with Gasteiger partial charge in [0.15, 0.2) is 0 Å². The summed E-state index contributed by atoms with van der Waals surface area (Å²) < 4.78 is 0. The normalized spacial score (nSPS) is 10.0. The first-order valence-corrected chi connectivity index (χ1v) is 9.36. The molecule has 2 rings (SSSR count). The first-order valence-electron chi connectivity index (χ1n) is 9.36. The Hall–Kier alpha value is -1.70. The van der Waals surface area contributed by atoms with Crippen molar-refractivity contribution in [1.29, 1.82) is 0 Å². The van der Waals surface area contributed by atoms with Crippen LogP contribution in [0.3, 0.4) is 0 Å². The number of rotatable bonds is 2. The van der Waals surface area contributed by atoms with E-state index >= 15 is 0 Å². The molecule has 0 aliphatic carbocycles. The molecule has 0 saturated carbocycles. The molecule has 4 nitrogen and oxygen atoms in total. The summed E-state index contributed by atoms with van der Waals surface area (Å²) >= 11 is 0. The van der Waals surface area contributed by atoms with Gasteiger partial charge in [0.25, 0.3) is 0 Å². The van der Waals surface area contributed by atoms with Crippen LogP contribution in [0.25, 0.3) is 0 Å². The third kappa shape index (κ3) is 5.27. The van der Waals surface area contributed by atoms with Crippen molar-refractivity contribution in [1.82, 2.24) is 0 Å². The summed E-state index contributed by atoms with van der Waals surface area (Å²) in [5.74, 6) is -1.66. The fourth-order valence-electron chi connectivity index (χ4n) is 3.64. The molecule has 2 aromatic rings. The molecule has 29 heavy (non-hydrogen) atoms. The van der Waals surface area contributed by atoms with Gasteiger partial charge in [0.05, 0.1) is 11.1 Å². The van der Waals surface area contributed by atoms with E-state index in [1.54, 1.807) is 0 Å². The van der Waals surface area contributed by atoms with Crippen molar-refractivity contribution < 1.29 is 47.1 Å². The number of hydrogen-bond donors (Lipinski definition) is 2. The van der Waals surface area contributed by atoms with E-state index in [4.69, 9.17) is 10.2 Å². The maximum atomic E-state index is 11.1. The van der Waals surface area contributed by atoms with E-state index in [-0.39, 0.29) is 27.3 Å². The number of aromatic carboxylic acids is 2. The maximum Gasteiger partial charge on any atom is 0.336 e. The summed E-state index contributed by atoms with van der Waals surface area (Å²) in [5.41, 5.74) is 11.2. The van der Waals surface area contributed by atoms with Gasteiger partial charge < -0.3 is 10.2 Å². The van der Waals surface area contributed by atoms with E-state index in [0.29, 0.717) is 11.1 Å². The van der Waals surface area contributed by atoms with Crippen LogP contribution in [0.2, 0.25) is 0 Å². The second kappa shape index (κ2) is 10.4. The van der Waals surface area contributed by atoms with Crippen molar-refractivity contribution in [3.63, 3.8) is 0 Å². The Morgan fingerprint density at radius 3 is 0.690 bits per heavy atom. The topological polar surface area (TPSA) is 74.6 Å². The SMILES string of the molecule is Cc1c(C)c(C)c(C(=O)O)c(C)c1C.Cc1c(C)c(C)c(C(=O)O)c(C)c1C.[Cd]. The molecule has 0 aliphatic rings. The van der Waals surface area contributed by atoms with E-state index in [0.717, 1.165) is 44.5 Å². The summed E-state index contributed by atoms with van der Waals surface area (Å²) in [6.07, 6.45) is 0. The van der Waals surface area contributed by atoms with E-state index in [1.165, 1.54) is 11.1 Å². The van der Waals surface area contributed by atoms with Gasteiger partial charge in [-0.25, -0.2) is 9.59 Å². The van der Waals surface area contributed by atoms with Gasteiger partial charge in [0, 0.05) is 27.3 Å². The number of hydrogen-bond acceptors (Lipinski definition) is 2. The predicted octanol–water partition coefficient (Wildman–Crippen LogP) is 5.85. The van der Waals surface area contributed by atoms with Crippen molar-refractivity contribution >= 4 is 11.9 Å². The minimum atomic E-state index is -0.828. The van der Waals surface area contributed by atoms with Crippen LogP contribution < -0.4 is 0 Å². The maximum absolute atomic E-state index is 11.1. The van der Waals surface area contributed by atoms with E-state index in [9.17, 15) is 9.59 Å². The van der Waals surface area contributed by atoms with Crippen LogP contribution in [-0.2, 0) is 27.3 Å². The molecular weight excluding hydrogens is 465 g/mol. The quantitative estimate of drug-likeness (QED) is 0.511. The molecule has 0 unspecified atom stereocenters. The smallest absolute Gasteiger partial charge is 0.336 e. The molecule has 0 aromatic heterocycles. The third-order valence-electron chi connectivity index (χ3n) is 6.43. The Balaban J connectivity index is 0.000000523. The van der Waals surface area contributed by atoms with Crippen LogP contribution in [-0.4, -0.2) is 22.2 Å². The Kier molecular flexibility index (Phi) is 9.76. The zero-order valence-corrected chi connectivity index (χ0v) is 23.5. The molecule has 0 fully saturated rings. The second-order valence-corrected chi connectivity index (χ2v) is 7.61. The number of carboxylic acid groups (broad SMARTS) is 2. The second-order valence-electron chi connectivity index (χ2n) is 7.61. The number of benzene rings is 2. The zero-order chi connectivity index (χ0) is 22.1. The third-order valence-corrected chi connectivity index (χ3v) is 6.43. The van der Waals surface area contributed by atoms with Crippen molar-refractivity contribution in [3.05, 3.63) is 66.8 Å². The molecule has 5 heteroatoms. The van der Waals surface area contributed by atoms with Crippen LogP contribution in [0.15, 0.2) is 0 Å². The average molecular weight is 497 g/mol. The van der Waals surface area contributed by atoms with Gasteiger partial charge in [-0.15, -0.1) is 0 Å². The summed E-state index contributed by atoms with van der Waals surface area (Å²) in [6.45, 7) is 19.5. The molecule has 0 aliphatic heterocycles. The average Bonchev–Trinajstić information content (AvgIpc) is 2.61. The largest absolute Gasteiger partial charge is 0.478 e. The summed E-state index contributed by atoms with van der Waals surface area (Å²) in [4.78, 5) is 22.1. The van der Waals surface area contributed by atoms with Crippen molar-refractivity contribution in [2.45, 2.75) is 69.2 Å². The minimum absolute atomic E-state index is 0. The van der Waals surface area contributed by atoms with Gasteiger partial charge in [-0.05, 0) is 125 Å². The van der Waals surface area contributed by atoms with Crippen LogP contribution in [0.4, 0.5) is 0 Å². The summed E-state index contributed by atoms with van der Waals surface area (Å²) in [5, 5.41) is 18.2. The first-order chi connectivity index (χ1) is 12.7. The molecule has 0 atom stereocenters. The summed E-state index contributed by atoms with van der Waals surface area (Å²) in [7, 11) is 0. The number of carboxylic acids is 2. The fraction of sp³-hybridized carbons (Fsp3) is 0.417. The Morgan fingerprint density at radius 2 is 0.552 bits per heavy atom. The van der Waals surface area contributed by atoms with Gasteiger partial charge in [-0.3, -0.25) is 0 Å². The van der Waals surface area contributed by atoms with Gasteiger partial charge in [0.2, 0.25) is 0 Å². The van der Waals surface area contributed by atoms with Gasteiger partial charge in [-0.1, -0.05) is 0 Å². The zero-order valence-electron chi connectivity index (χ0n) is 19.4. The van der Waals surface area contributed by atoms with Gasteiger partial charge in [-0.2, -0.15) is 0 Å². The van der Waals surface area contributed by atoms with E-state index < -0.39 is 11.9 Å². The monoisotopic (exact) mass is 498 g/mol. The molecule has 2 aromatic carbocycles. The van der Waals surface area contributed by atoms with Crippen molar-refractivity contribution in [2.75, 3.05) is 0 Å². The van der Waals surface area contributed by atoms with Gasteiger partial charge >= 0.3 is 11.9 Å². The molecular formula is C24H32CdO4. The van der Waals surface area contributed by atoms with Crippen LogP contribution >= 0.6 is 0 Å². The molecule has 0 radical (unpaired) electrons. The van der Waals surface area contributed by atoms with Crippen molar-refractivity contribution in [3.8, 4) is 0 Å². The van der Waals surface area contributed by atoms with Crippen molar-refractivity contribution in [2.24, 2.45) is 0 Å². The predicted molar refractivity (Wildman–Crippen MR) is 114 cm³/mol. The fourth-order valence-corrected chi connectivity index (χ4v) is 3.64. The molecule has 0 heterocycles. The standard InChI is InChI=1S/2C12H16O2.Cd/c2*1-6-7(2)9(4)11(12(13)14)10(5)8(6)3;/h2*1-5H3,(H,13,14);. The summed E-state index contributed by atoms with van der Waals surface area (Å²) in [6, 6.07) is 0. The van der Waals surface area contributed by atoms with E-state index in [2.05, 4.69) is 0 Å². The van der Waals surface area contributed by atoms with Crippen LogP contribution in [0.1, 0.15) is 76.4 Å². The first kappa shape index (κ1) is 27.3. The Labute approximate surface area is 194 Å². The Bertz CT molecular complexity index is 834. The molecule has 0 spiro atoms. The minimum Gasteiger partial charge on any atom is -0.478 e. The molecule has 0 saturated heterocycles. The molecule has 0 bridgehead atoms. The van der Waals surface area contributed by atoms with Crippen LogP contribution in [0.5, 0.6) is 0 Å². The molecule has 2 N–H and O–H groups in total. The molecule has 0 amide bonds. The molecule has 154 valence electrons. The van der Waals surface area contributed by atoms with Gasteiger partial charge in [0.1, 0.15) is 0 Å². The van der Waals surface area contributed by atoms with Crippen LogP contribution in [0, 0.1) is 69.2 Å². The number of carbonyl (C=O) groups is 2. The Morgan fingerprint density at radius 1 is 0.414 bits per heavy atom. The van der Waals surface area contributed by atoms with E-state index in [1.807, 2.05) is 69.2 Å².